The van der Waals surface area contributed by atoms with Crippen molar-refractivity contribution in [3.63, 3.8) is 0 Å². The van der Waals surface area contributed by atoms with E-state index in [1.54, 1.807) is 11.3 Å². The zero-order valence-corrected chi connectivity index (χ0v) is 9.17. The average molecular weight is 229 g/mol. The highest BCUT2D eigenvalue weighted by atomic mass is 32.1. The van der Waals surface area contributed by atoms with E-state index in [9.17, 15) is 4.79 Å². The van der Waals surface area contributed by atoms with Crippen LogP contribution in [0.1, 0.15) is 11.3 Å². The maximum atomic E-state index is 10.6. The summed E-state index contributed by atoms with van der Waals surface area (Å²) in [6, 6.07) is 3.83. The molecule has 1 aromatic rings. The van der Waals surface area contributed by atoms with Gasteiger partial charge in [0.15, 0.2) is 0 Å². The van der Waals surface area contributed by atoms with Gasteiger partial charge in [0.2, 0.25) is 0 Å². The molecule has 0 saturated heterocycles. The van der Waals surface area contributed by atoms with Gasteiger partial charge in [-0.1, -0.05) is 6.07 Å². The molecule has 0 aliphatic carbocycles. The number of nitrogens with one attached hydrogen (secondary N) is 1. The fraction of sp³-hybridized carbons (Fsp3) is 0.500. The van der Waals surface area contributed by atoms with Crippen LogP contribution in [0.3, 0.4) is 0 Å². The lowest BCUT2D eigenvalue weighted by atomic mass is 10.1. The van der Waals surface area contributed by atoms with Crippen LogP contribution in [-0.4, -0.2) is 35.4 Å². The zero-order valence-electron chi connectivity index (χ0n) is 8.35. The molecule has 1 atom stereocenters. The first-order chi connectivity index (χ1) is 7.22. The lowest BCUT2D eigenvalue weighted by Gasteiger charge is -2.15. The Kier molecular flexibility index (Phi) is 5.31. The number of carboxylic acid groups (broad SMARTS) is 1. The van der Waals surface area contributed by atoms with E-state index in [-0.39, 0.29) is 19.1 Å². The van der Waals surface area contributed by atoms with Crippen LogP contribution in [-0.2, 0) is 11.2 Å². The molecule has 0 amide bonds. The molecular weight excluding hydrogens is 214 g/mol. The fourth-order valence-electron chi connectivity index (χ4n) is 1.37. The Labute approximate surface area is 92.6 Å². The smallest absolute Gasteiger partial charge is 0.304 e. The molecule has 0 saturated carbocycles. The molecule has 1 heterocycles. The van der Waals surface area contributed by atoms with Gasteiger partial charge in [-0.3, -0.25) is 4.79 Å². The summed E-state index contributed by atoms with van der Waals surface area (Å²) in [5, 5.41) is 22.4. The number of carbonyl (C=O) groups is 1. The Bertz CT molecular complexity index is 287. The van der Waals surface area contributed by atoms with Gasteiger partial charge in [0.05, 0.1) is 13.0 Å². The second-order valence-corrected chi connectivity index (χ2v) is 4.29. The van der Waals surface area contributed by atoms with E-state index in [1.165, 1.54) is 0 Å². The standard InChI is InChI=1S/C10H15NO3S/c12-4-3-11-8(7-10(13)14)6-9-2-1-5-15-9/h1-2,5,8,11-12H,3-4,6-7H2,(H,13,14). The number of aliphatic carboxylic acids is 1. The minimum Gasteiger partial charge on any atom is -0.481 e. The van der Waals surface area contributed by atoms with Crippen molar-refractivity contribution in [2.24, 2.45) is 0 Å². The van der Waals surface area contributed by atoms with Crippen LogP contribution in [0.5, 0.6) is 0 Å². The Morgan fingerprint density at radius 3 is 2.93 bits per heavy atom. The van der Waals surface area contributed by atoms with Gasteiger partial charge < -0.3 is 15.5 Å². The van der Waals surface area contributed by atoms with Gasteiger partial charge >= 0.3 is 5.97 Å². The second kappa shape index (κ2) is 6.55. The molecule has 4 nitrogen and oxygen atoms in total. The van der Waals surface area contributed by atoms with Crippen molar-refractivity contribution in [2.45, 2.75) is 18.9 Å². The summed E-state index contributed by atoms with van der Waals surface area (Å²) in [6.45, 7) is 0.462. The molecule has 3 N–H and O–H groups in total. The summed E-state index contributed by atoms with van der Waals surface area (Å²) in [5.74, 6) is -0.818. The molecule has 15 heavy (non-hydrogen) atoms. The number of carboxylic acids is 1. The van der Waals surface area contributed by atoms with Gasteiger partial charge in [0.25, 0.3) is 0 Å². The van der Waals surface area contributed by atoms with Crippen LogP contribution < -0.4 is 5.32 Å². The third-order valence-corrected chi connectivity index (χ3v) is 2.89. The summed E-state index contributed by atoms with van der Waals surface area (Å²) in [6.07, 6.45) is 0.780. The lowest BCUT2D eigenvalue weighted by Crippen LogP contribution is -2.35. The Hall–Kier alpha value is -0.910. The van der Waals surface area contributed by atoms with Gasteiger partial charge in [0.1, 0.15) is 0 Å². The van der Waals surface area contributed by atoms with E-state index >= 15 is 0 Å². The maximum absolute atomic E-state index is 10.6. The van der Waals surface area contributed by atoms with Gasteiger partial charge in [-0.15, -0.1) is 11.3 Å². The van der Waals surface area contributed by atoms with E-state index in [0.29, 0.717) is 13.0 Å². The van der Waals surface area contributed by atoms with E-state index in [0.717, 1.165) is 4.88 Å². The molecule has 84 valence electrons. The SMILES string of the molecule is O=C(O)CC(Cc1cccs1)NCCO. The Morgan fingerprint density at radius 2 is 2.40 bits per heavy atom. The highest BCUT2D eigenvalue weighted by Crippen LogP contribution is 2.12. The van der Waals surface area contributed by atoms with Gasteiger partial charge in [-0.05, 0) is 17.9 Å². The number of thiophene rings is 1. The monoisotopic (exact) mass is 229 g/mol. The molecule has 0 spiro atoms. The average Bonchev–Trinajstić information content (AvgIpc) is 2.66. The number of hydrogen-bond donors (Lipinski definition) is 3. The van der Waals surface area contributed by atoms with Crippen LogP contribution >= 0.6 is 11.3 Å². The molecule has 5 heteroatoms. The van der Waals surface area contributed by atoms with E-state index < -0.39 is 5.97 Å². The highest BCUT2D eigenvalue weighted by Gasteiger charge is 2.13. The predicted octanol–water partition coefficient (Wildman–Crippen LogP) is 0.716. The molecule has 0 fully saturated rings. The molecule has 1 aromatic heterocycles. The predicted molar refractivity (Wildman–Crippen MR) is 59.2 cm³/mol. The minimum atomic E-state index is -0.818. The normalized spacial score (nSPS) is 12.6. The van der Waals surface area contributed by atoms with Gasteiger partial charge in [-0.2, -0.15) is 0 Å². The number of aliphatic hydroxyl groups is 1. The topological polar surface area (TPSA) is 69.6 Å². The van der Waals surface area contributed by atoms with E-state index in [1.807, 2.05) is 17.5 Å². The molecule has 1 rings (SSSR count). The maximum Gasteiger partial charge on any atom is 0.304 e. The van der Waals surface area contributed by atoms with Crippen LogP contribution in [0.15, 0.2) is 17.5 Å². The first-order valence-corrected chi connectivity index (χ1v) is 5.68. The van der Waals surface area contributed by atoms with Crippen LogP contribution in [0, 0.1) is 0 Å². The Morgan fingerprint density at radius 1 is 1.60 bits per heavy atom. The summed E-state index contributed by atoms with van der Waals surface area (Å²) in [5.41, 5.74) is 0. The van der Waals surface area contributed by atoms with Gasteiger partial charge in [0, 0.05) is 17.5 Å². The number of aliphatic hydroxyl groups excluding tert-OH is 1. The van der Waals surface area contributed by atoms with Crippen molar-refractivity contribution in [3.05, 3.63) is 22.4 Å². The summed E-state index contributed by atoms with van der Waals surface area (Å²) >= 11 is 1.62. The highest BCUT2D eigenvalue weighted by molar-refractivity contribution is 7.09. The van der Waals surface area contributed by atoms with Crippen molar-refractivity contribution in [2.75, 3.05) is 13.2 Å². The zero-order chi connectivity index (χ0) is 11.1. The van der Waals surface area contributed by atoms with Crippen molar-refractivity contribution >= 4 is 17.3 Å². The van der Waals surface area contributed by atoms with Gasteiger partial charge in [-0.25, -0.2) is 0 Å². The minimum absolute atomic E-state index is 0.0283. The number of hydrogen-bond acceptors (Lipinski definition) is 4. The fourth-order valence-corrected chi connectivity index (χ4v) is 2.15. The lowest BCUT2D eigenvalue weighted by molar-refractivity contribution is -0.137. The molecule has 0 aromatic carbocycles. The van der Waals surface area contributed by atoms with Crippen molar-refractivity contribution in [1.82, 2.24) is 5.32 Å². The van der Waals surface area contributed by atoms with Crippen LogP contribution in [0.2, 0.25) is 0 Å². The molecule has 0 aliphatic rings. The Balaban J connectivity index is 2.44. The third kappa shape index (κ3) is 4.92. The van der Waals surface area contributed by atoms with Crippen molar-refractivity contribution in [1.29, 1.82) is 0 Å². The molecule has 0 bridgehead atoms. The summed E-state index contributed by atoms with van der Waals surface area (Å²) in [7, 11) is 0. The van der Waals surface area contributed by atoms with Crippen LogP contribution in [0.25, 0.3) is 0 Å². The summed E-state index contributed by atoms with van der Waals surface area (Å²) in [4.78, 5) is 11.8. The molecule has 0 aliphatic heterocycles. The summed E-state index contributed by atoms with van der Waals surface area (Å²) < 4.78 is 0. The largest absolute Gasteiger partial charge is 0.481 e. The first-order valence-electron chi connectivity index (χ1n) is 4.80. The molecular formula is C10H15NO3S. The quantitative estimate of drug-likeness (QED) is 0.644. The van der Waals surface area contributed by atoms with Crippen molar-refractivity contribution in [3.8, 4) is 0 Å². The van der Waals surface area contributed by atoms with E-state index in [4.69, 9.17) is 10.2 Å². The van der Waals surface area contributed by atoms with Crippen LogP contribution in [0.4, 0.5) is 0 Å². The first kappa shape index (κ1) is 12.2. The third-order valence-electron chi connectivity index (χ3n) is 1.99. The second-order valence-electron chi connectivity index (χ2n) is 3.26. The molecule has 0 radical (unpaired) electrons. The number of rotatable bonds is 7. The molecule has 1 unspecified atom stereocenters. The van der Waals surface area contributed by atoms with E-state index in [2.05, 4.69) is 5.32 Å². The van der Waals surface area contributed by atoms with Crippen molar-refractivity contribution < 1.29 is 15.0 Å².